The standard InChI is InChI=1S/C18H20FNO3/c1-13(23-17-10-6-15(19)7-11-17)18(21)20(2)12-14-4-8-16(22-3)9-5-14/h4-11,13H,12H2,1-3H3/t13-/m0/s1. The van der Waals surface area contributed by atoms with Gasteiger partial charge in [-0.1, -0.05) is 12.1 Å². The third kappa shape index (κ3) is 4.71. The molecule has 0 saturated carbocycles. The second kappa shape index (κ2) is 7.63. The first kappa shape index (κ1) is 16.8. The van der Waals surface area contributed by atoms with E-state index in [2.05, 4.69) is 0 Å². The molecular weight excluding hydrogens is 297 g/mol. The summed E-state index contributed by atoms with van der Waals surface area (Å²) in [5, 5.41) is 0. The number of likely N-dealkylation sites (N-methyl/N-ethyl adjacent to an activating group) is 1. The van der Waals surface area contributed by atoms with Gasteiger partial charge >= 0.3 is 0 Å². The number of ether oxygens (including phenoxy) is 2. The molecule has 0 N–H and O–H groups in total. The summed E-state index contributed by atoms with van der Waals surface area (Å²) in [6, 6.07) is 13.1. The first-order valence-electron chi connectivity index (χ1n) is 7.29. The number of nitrogens with zero attached hydrogens (tertiary/aromatic N) is 1. The minimum absolute atomic E-state index is 0.148. The monoisotopic (exact) mass is 317 g/mol. The van der Waals surface area contributed by atoms with Crippen molar-refractivity contribution in [3.63, 3.8) is 0 Å². The molecule has 0 unspecified atom stereocenters. The van der Waals surface area contributed by atoms with Gasteiger partial charge in [0.15, 0.2) is 6.10 Å². The average Bonchev–Trinajstić information content (AvgIpc) is 2.56. The number of methoxy groups -OCH3 is 1. The van der Waals surface area contributed by atoms with Crippen LogP contribution in [0.4, 0.5) is 4.39 Å². The van der Waals surface area contributed by atoms with Crippen molar-refractivity contribution in [3.8, 4) is 11.5 Å². The van der Waals surface area contributed by atoms with Crippen LogP contribution in [0.3, 0.4) is 0 Å². The Balaban J connectivity index is 1.93. The Morgan fingerprint density at radius 2 is 1.65 bits per heavy atom. The fraction of sp³-hybridized carbons (Fsp3) is 0.278. The van der Waals surface area contributed by atoms with E-state index in [0.29, 0.717) is 12.3 Å². The van der Waals surface area contributed by atoms with Gasteiger partial charge in [0.25, 0.3) is 5.91 Å². The van der Waals surface area contributed by atoms with Gasteiger partial charge in [0.2, 0.25) is 0 Å². The maximum absolute atomic E-state index is 12.9. The number of carbonyl (C=O) groups excluding carboxylic acids is 1. The van der Waals surface area contributed by atoms with Gasteiger partial charge < -0.3 is 14.4 Å². The molecule has 4 nitrogen and oxygen atoms in total. The molecular formula is C18H20FNO3. The number of hydrogen-bond donors (Lipinski definition) is 0. The van der Waals surface area contributed by atoms with Crippen LogP contribution < -0.4 is 9.47 Å². The smallest absolute Gasteiger partial charge is 0.263 e. The first-order chi connectivity index (χ1) is 11.0. The van der Waals surface area contributed by atoms with Crippen LogP contribution in [0, 0.1) is 5.82 Å². The van der Waals surface area contributed by atoms with Gasteiger partial charge in [-0.3, -0.25) is 4.79 Å². The molecule has 0 heterocycles. The van der Waals surface area contributed by atoms with Crippen molar-refractivity contribution in [1.29, 1.82) is 0 Å². The topological polar surface area (TPSA) is 38.8 Å². The number of benzene rings is 2. The lowest BCUT2D eigenvalue weighted by Gasteiger charge is -2.22. The van der Waals surface area contributed by atoms with Gasteiger partial charge in [-0.2, -0.15) is 0 Å². The summed E-state index contributed by atoms with van der Waals surface area (Å²) in [4.78, 5) is 13.9. The Kier molecular flexibility index (Phi) is 5.57. The van der Waals surface area contributed by atoms with Crippen LogP contribution in [0.1, 0.15) is 12.5 Å². The zero-order valence-corrected chi connectivity index (χ0v) is 13.5. The van der Waals surface area contributed by atoms with Crippen molar-refractivity contribution in [1.82, 2.24) is 4.90 Å². The van der Waals surface area contributed by atoms with E-state index in [1.807, 2.05) is 24.3 Å². The molecule has 0 saturated heterocycles. The highest BCUT2D eigenvalue weighted by atomic mass is 19.1. The maximum atomic E-state index is 12.9. The number of amides is 1. The van der Waals surface area contributed by atoms with Crippen molar-refractivity contribution in [2.75, 3.05) is 14.2 Å². The van der Waals surface area contributed by atoms with Gasteiger partial charge in [0.05, 0.1) is 7.11 Å². The minimum atomic E-state index is -0.649. The molecule has 23 heavy (non-hydrogen) atoms. The molecule has 0 bridgehead atoms. The molecule has 122 valence electrons. The summed E-state index contributed by atoms with van der Waals surface area (Å²) in [6.45, 7) is 2.15. The first-order valence-corrected chi connectivity index (χ1v) is 7.29. The summed E-state index contributed by atoms with van der Waals surface area (Å²) in [7, 11) is 3.33. The van der Waals surface area contributed by atoms with Crippen LogP contribution >= 0.6 is 0 Å². The van der Waals surface area contributed by atoms with E-state index in [0.717, 1.165) is 11.3 Å². The lowest BCUT2D eigenvalue weighted by atomic mass is 10.2. The van der Waals surface area contributed by atoms with Crippen LogP contribution in [0.2, 0.25) is 0 Å². The lowest BCUT2D eigenvalue weighted by Crippen LogP contribution is -2.37. The van der Waals surface area contributed by atoms with E-state index in [-0.39, 0.29) is 11.7 Å². The zero-order chi connectivity index (χ0) is 16.8. The molecule has 2 aromatic carbocycles. The minimum Gasteiger partial charge on any atom is -0.497 e. The van der Waals surface area contributed by atoms with Gasteiger partial charge in [-0.05, 0) is 48.9 Å². The molecule has 1 atom stereocenters. The van der Waals surface area contributed by atoms with Gasteiger partial charge in [-0.15, -0.1) is 0 Å². The van der Waals surface area contributed by atoms with Gasteiger partial charge in [-0.25, -0.2) is 4.39 Å². The van der Waals surface area contributed by atoms with Gasteiger partial charge in [0, 0.05) is 13.6 Å². The molecule has 0 aliphatic carbocycles. The predicted molar refractivity (Wildman–Crippen MR) is 86.0 cm³/mol. The SMILES string of the molecule is COc1ccc(CN(C)C(=O)[C@H](C)Oc2ccc(F)cc2)cc1. The number of halogens is 1. The summed E-state index contributed by atoms with van der Waals surface area (Å²) in [5.41, 5.74) is 0.996. The Morgan fingerprint density at radius 3 is 2.22 bits per heavy atom. The molecule has 0 aliphatic heterocycles. The molecule has 0 aliphatic rings. The highest BCUT2D eigenvalue weighted by molar-refractivity contribution is 5.80. The molecule has 0 aromatic heterocycles. The highest BCUT2D eigenvalue weighted by Crippen LogP contribution is 2.15. The van der Waals surface area contributed by atoms with Crippen molar-refractivity contribution in [2.24, 2.45) is 0 Å². The van der Waals surface area contributed by atoms with Gasteiger partial charge in [0.1, 0.15) is 17.3 Å². The normalized spacial score (nSPS) is 11.7. The van der Waals surface area contributed by atoms with Crippen LogP contribution in [0.5, 0.6) is 11.5 Å². The third-order valence-electron chi connectivity index (χ3n) is 3.43. The second-order valence-corrected chi connectivity index (χ2v) is 5.26. The Hall–Kier alpha value is -2.56. The quantitative estimate of drug-likeness (QED) is 0.821. The fourth-order valence-electron chi connectivity index (χ4n) is 2.16. The van der Waals surface area contributed by atoms with Crippen molar-refractivity contribution in [3.05, 3.63) is 59.9 Å². The third-order valence-corrected chi connectivity index (χ3v) is 3.43. The molecule has 0 spiro atoms. The summed E-state index contributed by atoms with van der Waals surface area (Å²) < 4.78 is 23.5. The van der Waals surface area contributed by atoms with Crippen LogP contribution in [-0.4, -0.2) is 31.1 Å². The van der Waals surface area contributed by atoms with Crippen molar-refractivity contribution < 1.29 is 18.7 Å². The summed E-state index contributed by atoms with van der Waals surface area (Å²) in [6.07, 6.45) is -0.649. The zero-order valence-electron chi connectivity index (χ0n) is 13.5. The van der Waals surface area contributed by atoms with Crippen LogP contribution in [0.25, 0.3) is 0 Å². The maximum Gasteiger partial charge on any atom is 0.263 e. The van der Waals surface area contributed by atoms with E-state index in [9.17, 15) is 9.18 Å². The number of hydrogen-bond acceptors (Lipinski definition) is 3. The van der Waals surface area contributed by atoms with E-state index in [1.165, 1.54) is 24.3 Å². The lowest BCUT2D eigenvalue weighted by molar-refractivity contribution is -0.137. The molecule has 0 fully saturated rings. The number of rotatable bonds is 6. The van der Waals surface area contributed by atoms with E-state index in [1.54, 1.807) is 26.0 Å². The Morgan fingerprint density at radius 1 is 1.09 bits per heavy atom. The molecule has 2 aromatic rings. The largest absolute Gasteiger partial charge is 0.497 e. The van der Waals surface area contributed by atoms with E-state index >= 15 is 0 Å². The van der Waals surface area contributed by atoms with E-state index in [4.69, 9.17) is 9.47 Å². The predicted octanol–water partition coefficient (Wildman–Crippen LogP) is 3.26. The fourth-order valence-corrected chi connectivity index (χ4v) is 2.16. The summed E-state index contributed by atoms with van der Waals surface area (Å²) >= 11 is 0. The average molecular weight is 317 g/mol. The number of carbonyl (C=O) groups is 1. The van der Waals surface area contributed by atoms with Crippen LogP contribution in [-0.2, 0) is 11.3 Å². The Bertz CT molecular complexity index is 640. The summed E-state index contributed by atoms with van der Waals surface area (Å²) in [5.74, 6) is 0.749. The van der Waals surface area contributed by atoms with Crippen molar-refractivity contribution >= 4 is 5.91 Å². The molecule has 0 radical (unpaired) electrons. The molecule has 1 amide bonds. The Labute approximate surface area is 135 Å². The second-order valence-electron chi connectivity index (χ2n) is 5.26. The molecule has 2 rings (SSSR count). The van der Waals surface area contributed by atoms with E-state index < -0.39 is 6.10 Å². The van der Waals surface area contributed by atoms with Crippen molar-refractivity contribution in [2.45, 2.75) is 19.6 Å². The molecule has 5 heteroatoms. The van der Waals surface area contributed by atoms with Crippen LogP contribution in [0.15, 0.2) is 48.5 Å². The highest BCUT2D eigenvalue weighted by Gasteiger charge is 2.19.